The van der Waals surface area contributed by atoms with Crippen molar-refractivity contribution in [3.05, 3.63) is 84.9 Å². The van der Waals surface area contributed by atoms with Gasteiger partial charge in [-0.2, -0.15) is 0 Å². The van der Waals surface area contributed by atoms with Gasteiger partial charge in [-0.25, -0.2) is 0 Å². The Hall–Kier alpha value is -4.06. The second kappa shape index (κ2) is 7.40. The van der Waals surface area contributed by atoms with E-state index in [9.17, 15) is 0 Å². The average molecular weight is 390 g/mol. The number of aromatic nitrogens is 6. The van der Waals surface area contributed by atoms with Gasteiger partial charge in [0.05, 0.1) is 0 Å². The lowest BCUT2D eigenvalue weighted by Gasteiger charge is -2.07. The largest absolute Gasteiger partial charge is 0.310 e. The predicted molar refractivity (Wildman–Crippen MR) is 115 cm³/mol. The van der Waals surface area contributed by atoms with Crippen molar-refractivity contribution >= 4 is 0 Å². The molecule has 0 N–H and O–H groups in total. The SMILES string of the molecule is Cn1c(-c2cc[c]cc2)nnc1-c1cccc(-c2nnc(-c3cc[c]cc3)n2C)c1. The van der Waals surface area contributed by atoms with E-state index < -0.39 is 0 Å². The zero-order chi connectivity index (χ0) is 20.5. The zero-order valence-electron chi connectivity index (χ0n) is 16.6. The molecule has 30 heavy (non-hydrogen) atoms. The van der Waals surface area contributed by atoms with Crippen LogP contribution in [0.3, 0.4) is 0 Å². The highest BCUT2D eigenvalue weighted by atomic mass is 15.3. The van der Waals surface area contributed by atoms with Gasteiger partial charge in [0.15, 0.2) is 23.3 Å². The maximum absolute atomic E-state index is 4.43. The number of nitrogens with zero attached hydrogens (tertiary/aromatic N) is 6. The summed E-state index contributed by atoms with van der Waals surface area (Å²) in [5, 5.41) is 17.6. The first-order valence-electron chi connectivity index (χ1n) is 9.55. The first kappa shape index (κ1) is 18.0. The smallest absolute Gasteiger partial charge is 0.163 e. The molecule has 2 heterocycles. The normalized spacial score (nSPS) is 11.0. The molecule has 0 atom stereocenters. The Kier molecular flexibility index (Phi) is 4.44. The lowest BCUT2D eigenvalue weighted by Crippen LogP contribution is -1.98. The molecule has 0 saturated carbocycles. The molecule has 6 nitrogen and oxygen atoms in total. The fourth-order valence-corrected chi connectivity index (χ4v) is 3.53. The molecule has 2 aromatic heterocycles. The monoisotopic (exact) mass is 390 g/mol. The van der Waals surface area contributed by atoms with E-state index in [1.165, 1.54) is 0 Å². The van der Waals surface area contributed by atoms with E-state index >= 15 is 0 Å². The molecule has 144 valence electrons. The lowest BCUT2D eigenvalue weighted by molar-refractivity contribution is 0.926. The summed E-state index contributed by atoms with van der Waals surface area (Å²) in [6, 6.07) is 29.6. The van der Waals surface area contributed by atoms with Crippen molar-refractivity contribution in [3.8, 4) is 45.6 Å². The minimum atomic E-state index is 0.792. The molecule has 0 saturated heterocycles. The number of rotatable bonds is 4. The van der Waals surface area contributed by atoms with Crippen molar-refractivity contribution in [1.29, 1.82) is 0 Å². The summed E-state index contributed by atoms with van der Waals surface area (Å²) in [5.74, 6) is 3.21. The van der Waals surface area contributed by atoms with Crippen molar-refractivity contribution in [2.24, 2.45) is 14.1 Å². The van der Waals surface area contributed by atoms with E-state index in [1.54, 1.807) is 0 Å². The van der Waals surface area contributed by atoms with Crippen molar-refractivity contribution in [1.82, 2.24) is 29.5 Å². The third-order valence-electron chi connectivity index (χ3n) is 5.08. The van der Waals surface area contributed by atoms with Crippen LogP contribution in [0.4, 0.5) is 0 Å². The van der Waals surface area contributed by atoms with Crippen LogP contribution in [0, 0.1) is 12.1 Å². The molecule has 5 aromatic rings. The first-order valence-corrected chi connectivity index (χ1v) is 9.55. The Bertz CT molecular complexity index is 1200. The van der Waals surface area contributed by atoms with Gasteiger partial charge in [0.1, 0.15) is 0 Å². The Morgan fingerprint density at radius 2 is 0.900 bits per heavy atom. The maximum Gasteiger partial charge on any atom is 0.163 e. The summed E-state index contributed by atoms with van der Waals surface area (Å²) in [6.07, 6.45) is 0. The number of hydrogen-bond donors (Lipinski definition) is 0. The Morgan fingerprint density at radius 1 is 0.533 bits per heavy atom. The van der Waals surface area contributed by atoms with Crippen LogP contribution in [-0.4, -0.2) is 29.5 Å². The van der Waals surface area contributed by atoms with Gasteiger partial charge in [0.25, 0.3) is 0 Å². The highest BCUT2D eigenvalue weighted by molar-refractivity contribution is 5.69. The predicted octanol–water partition coefficient (Wildman–Crippen LogP) is 4.21. The molecular formula is C24H18N6. The third kappa shape index (κ3) is 3.08. The van der Waals surface area contributed by atoms with Crippen molar-refractivity contribution < 1.29 is 0 Å². The van der Waals surface area contributed by atoms with Gasteiger partial charge in [-0.1, -0.05) is 66.7 Å². The molecule has 0 aliphatic carbocycles. The highest BCUT2D eigenvalue weighted by Gasteiger charge is 2.16. The van der Waals surface area contributed by atoms with E-state index in [-0.39, 0.29) is 0 Å². The third-order valence-corrected chi connectivity index (χ3v) is 5.08. The number of benzene rings is 3. The molecule has 0 bridgehead atoms. The van der Waals surface area contributed by atoms with E-state index in [0.717, 1.165) is 45.6 Å². The van der Waals surface area contributed by atoms with Crippen LogP contribution >= 0.6 is 0 Å². The van der Waals surface area contributed by atoms with Gasteiger partial charge >= 0.3 is 0 Å². The summed E-state index contributed by atoms with van der Waals surface area (Å²) in [5.41, 5.74) is 3.94. The van der Waals surface area contributed by atoms with Crippen LogP contribution in [0.25, 0.3) is 45.6 Å². The Morgan fingerprint density at radius 3 is 1.30 bits per heavy atom. The summed E-state index contributed by atoms with van der Waals surface area (Å²) >= 11 is 0. The quantitative estimate of drug-likeness (QED) is 0.461. The second-order valence-electron chi connectivity index (χ2n) is 6.97. The van der Waals surface area contributed by atoms with Crippen LogP contribution in [-0.2, 0) is 14.1 Å². The van der Waals surface area contributed by atoms with E-state index in [2.05, 4.69) is 38.6 Å². The van der Waals surface area contributed by atoms with E-state index in [1.807, 2.05) is 90.0 Å². The highest BCUT2D eigenvalue weighted by Crippen LogP contribution is 2.28. The van der Waals surface area contributed by atoms with Gasteiger partial charge in [0.2, 0.25) is 0 Å². The molecule has 6 heteroatoms. The molecular weight excluding hydrogens is 372 g/mol. The molecule has 3 aromatic carbocycles. The maximum atomic E-state index is 4.43. The summed E-state index contributed by atoms with van der Waals surface area (Å²) in [4.78, 5) is 0. The molecule has 0 spiro atoms. The van der Waals surface area contributed by atoms with Gasteiger partial charge in [-0.3, -0.25) is 0 Å². The fourth-order valence-electron chi connectivity index (χ4n) is 3.53. The van der Waals surface area contributed by atoms with Gasteiger partial charge in [-0.05, 0) is 18.2 Å². The standard InChI is InChI=1S/C24H18N6/c1-29-21(17-10-5-3-6-11-17)25-27-23(29)19-14-9-15-20(16-19)24-28-26-22(30(24)2)18-12-7-4-8-13-18/h5-16H,1-2H3. The topological polar surface area (TPSA) is 61.4 Å². The Labute approximate surface area is 174 Å². The Balaban J connectivity index is 1.54. The van der Waals surface area contributed by atoms with Crippen molar-refractivity contribution in [2.45, 2.75) is 0 Å². The zero-order valence-corrected chi connectivity index (χ0v) is 16.6. The molecule has 0 aliphatic heterocycles. The minimum Gasteiger partial charge on any atom is -0.310 e. The summed E-state index contributed by atoms with van der Waals surface area (Å²) < 4.78 is 3.99. The van der Waals surface area contributed by atoms with Crippen LogP contribution in [0.15, 0.2) is 72.8 Å². The number of hydrogen-bond acceptors (Lipinski definition) is 4. The molecule has 0 unspecified atom stereocenters. The molecule has 0 fully saturated rings. The van der Waals surface area contributed by atoms with Crippen LogP contribution in [0.2, 0.25) is 0 Å². The molecule has 0 aliphatic rings. The first-order chi connectivity index (χ1) is 14.7. The second-order valence-corrected chi connectivity index (χ2v) is 6.97. The summed E-state index contributed by atoms with van der Waals surface area (Å²) in [7, 11) is 3.95. The van der Waals surface area contributed by atoms with Crippen LogP contribution < -0.4 is 0 Å². The van der Waals surface area contributed by atoms with E-state index in [0.29, 0.717) is 0 Å². The minimum absolute atomic E-state index is 0.792. The molecule has 0 amide bonds. The van der Waals surface area contributed by atoms with Crippen LogP contribution in [0.1, 0.15) is 0 Å². The summed E-state index contributed by atoms with van der Waals surface area (Å²) in [6.45, 7) is 0. The van der Waals surface area contributed by atoms with Gasteiger partial charge in [0, 0.05) is 36.3 Å². The fraction of sp³-hybridized carbons (Fsp3) is 0.0833. The van der Waals surface area contributed by atoms with Gasteiger partial charge in [-0.15, -0.1) is 20.4 Å². The molecule has 2 radical (unpaired) electrons. The van der Waals surface area contributed by atoms with E-state index in [4.69, 9.17) is 0 Å². The average Bonchev–Trinajstić information content (AvgIpc) is 3.38. The van der Waals surface area contributed by atoms with Crippen molar-refractivity contribution in [3.63, 3.8) is 0 Å². The molecule has 5 rings (SSSR count). The van der Waals surface area contributed by atoms with Crippen LogP contribution in [0.5, 0.6) is 0 Å². The van der Waals surface area contributed by atoms with Gasteiger partial charge < -0.3 is 9.13 Å². The lowest BCUT2D eigenvalue weighted by atomic mass is 10.1. The van der Waals surface area contributed by atoms with Crippen molar-refractivity contribution in [2.75, 3.05) is 0 Å².